The van der Waals surface area contributed by atoms with E-state index in [-0.39, 0.29) is 5.91 Å². The van der Waals surface area contributed by atoms with Gasteiger partial charge >= 0.3 is 0 Å². The van der Waals surface area contributed by atoms with E-state index in [9.17, 15) is 4.79 Å². The average molecular weight is 292 g/mol. The molecule has 0 fully saturated rings. The van der Waals surface area contributed by atoms with E-state index in [1.54, 1.807) is 6.92 Å². The van der Waals surface area contributed by atoms with E-state index in [1.165, 1.54) is 6.26 Å². The predicted molar refractivity (Wildman–Crippen MR) is 87.8 cm³/mol. The molecule has 4 nitrogen and oxygen atoms in total. The van der Waals surface area contributed by atoms with Crippen LogP contribution in [-0.4, -0.2) is 10.9 Å². The molecule has 2 N–H and O–H groups in total. The number of hydrogen-bond donors (Lipinski definition) is 2. The van der Waals surface area contributed by atoms with Gasteiger partial charge in [0.25, 0.3) is 5.91 Å². The van der Waals surface area contributed by atoms with Crippen molar-refractivity contribution < 1.29 is 9.53 Å². The lowest BCUT2D eigenvalue weighted by Gasteiger charge is -2.06. The molecule has 0 spiro atoms. The van der Waals surface area contributed by atoms with Crippen LogP contribution in [0.15, 0.2) is 72.6 Å². The van der Waals surface area contributed by atoms with E-state index in [0.717, 1.165) is 16.6 Å². The number of rotatable bonds is 4. The minimum atomic E-state index is -0.186. The molecule has 0 bridgehead atoms. The number of anilines is 1. The Kier molecular flexibility index (Phi) is 3.92. The SMILES string of the molecule is C/C(=C\Oc1ccc2[nH]ccc2c1)C(=O)Nc1ccccc1. The number of fused-ring (bicyclic) bond motifs is 1. The van der Waals surface area contributed by atoms with E-state index in [4.69, 9.17) is 4.74 Å². The smallest absolute Gasteiger partial charge is 0.254 e. The second-order valence-electron chi connectivity index (χ2n) is 4.97. The van der Waals surface area contributed by atoms with Crippen molar-refractivity contribution in [1.82, 2.24) is 4.98 Å². The summed E-state index contributed by atoms with van der Waals surface area (Å²) in [5.74, 6) is 0.507. The van der Waals surface area contributed by atoms with Crippen molar-refractivity contribution in [1.29, 1.82) is 0 Å². The van der Waals surface area contributed by atoms with Gasteiger partial charge in [-0.1, -0.05) is 18.2 Å². The number of para-hydroxylation sites is 1. The van der Waals surface area contributed by atoms with E-state index < -0.39 is 0 Å². The Hall–Kier alpha value is -3.01. The number of aromatic nitrogens is 1. The van der Waals surface area contributed by atoms with Crippen LogP contribution in [-0.2, 0) is 4.79 Å². The molecule has 2 aromatic carbocycles. The van der Waals surface area contributed by atoms with Crippen molar-refractivity contribution in [3.8, 4) is 5.75 Å². The van der Waals surface area contributed by atoms with Crippen LogP contribution in [0.25, 0.3) is 10.9 Å². The zero-order chi connectivity index (χ0) is 15.4. The van der Waals surface area contributed by atoms with Crippen LogP contribution in [0, 0.1) is 0 Å². The molecule has 0 aliphatic heterocycles. The van der Waals surface area contributed by atoms with Crippen LogP contribution in [0.3, 0.4) is 0 Å². The Bertz CT molecular complexity index is 819. The minimum Gasteiger partial charge on any atom is -0.465 e. The number of nitrogens with one attached hydrogen (secondary N) is 2. The largest absolute Gasteiger partial charge is 0.465 e. The summed E-state index contributed by atoms with van der Waals surface area (Å²) in [5.41, 5.74) is 2.31. The van der Waals surface area contributed by atoms with Crippen LogP contribution in [0.2, 0.25) is 0 Å². The molecule has 0 radical (unpaired) electrons. The number of H-pyrrole nitrogens is 1. The first kappa shape index (κ1) is 13.9. The maximum atomic E-state index is 12.0. The highest BCUT2D eigenvalue weighted by Crippen LogP contribution is 2.20. The van der Waals surface area contributed by atoms with E-state index in [1.807, 2.05) is 60.8 Å². The number of ether oxygens (including phenoxy) is 1. The molecule has 0 saturated heterocycles. The maximum absolute atomic E-state index is 12.0. The third kappa shape index (κ3) is 3.17. The molecular formula is C18H16N2O2. The van der Waals surface area contributed by atoms with E-state index in [0.29, 0.717) is 11.3 Å². The topological polar surface area (TPSA) is 54.1 Å². The van der Waals surface area contributed by atoms with Crippen LogP contribution >= 0.6 is 0 Å². The summed E-state index contributed by atoms with van der Waals surface area (Å²) in [4.78, 5) is 15.2. The van der Waals surface area contributed by atoms with Crippen molar-refractivity contribution in [2.24, 2.45) is 0 Å². The Labute approximate surface area is 128 Å². The third-order valence-electron chi connectivity index (χ3n) is 3.29. The van der Waals surface area contributed by atoms with Gasteiger partial charge in [-0.3, -0.25) is 4.79 Å². The summed E-state index contributed by atoms with van der Waals surface area (Å²) in [7, 11) is 0. The van der Waals surface area contributed by atoms with Gasteiger partial charge in [0, 0.05) is 28.4 Å². The van der Waals surface area contributed by atoms with Crippen molar-refractivity contribution in [3.05, 3.63) is 72.6 Å². The van der Waals surface area contributed by atoms with E-state index >= 15 is 0 Å². The summed E-state index contributed by atoms with van der Waals surface area (Å²) in [6, 6.07) is 17.0. The Morgan fingerprint density at radius 2 is 1.95 bits per heavy atom. The third-order valence-corrected chi connectivity index (χ3v) is 3.29. The summed E-state index contributed by atoms with van der Waals surface area (Å²) < 4.78 is 5.57. The number of carbonyl (C=O) groups is 1. The molecule has 4 heteroatoms. The molecule has 22 heavy (non-hydrogen) atoms. The van der Waals surface area contributed by atoms with Crippen LogP contribution < -0.4 is 10.1 Å². The second-order valence-corrected chi connectivity index (χ2v) is 4.97. The van der Waals surface area contributed by atoms with Crippen LogP contribution in [0.1, 0.15) is 6.92 Å². The minimum absolute atomic E-state index is 0.186. The van der Waals surface area contributed by atoms with Gasteiger partial charge in [0.15, 0.2) is 0 Å². The summed E-state index contributed by atoms with van der Waals surface area (Å²) in [5, 5.41) is 3.88. The fourth-order valence-electron chi connectivity index (χ4n) is 2.07. The summed E-state index contributed by atoms with van der Waals surface area (Å²) >= 11 is 0. The summed E-state index contributed by atoms with van der Waals surface area (Å²) in [6.07, 6.45) is 3.34. The normalized spacial score (nSPS) is 11.4. The van der Waals surface area contributed by atoms with Gasteiger partial charge in [-0.2, -0.15) is 0 Å². The van der Waals surface area contributed by atoms with Crippen LogP contribution in [0.4, 0.5) is 5.69 Å². The lowest BCUT2D eigenvalue weighted by molar-refractivity contribution is -0.112. The second kappa shape index (κ2) is 6.18. The van der Waals surface area contributed by atoms with Gasteiger partial charge in [-0.25, -0.2) is 0 Å². The highest BCUT2D eigenvalue weighted by atomic mass is 16.5. The van der Waals surface area contributed by atoms with Crippen molar-refractivity contribution in [2.45, 2.75) is 6.92 Å². The molecule has 0 aliphatic rings. The van der Waals surface area contributed by atoms with Gasteiger partial charge in [0.05, 0.1) is 6.26 Å². The lowest BCUT2D eigenvalue weighted by Crippen LogP contribution is -2.13. The molecule has 1 amide bonds. The molecule has 1 heterocycles. The monoisotopic (exact) mass is 292 g/mol. The number of hydrogen-bond acceptors (Lipinski definition) is 2. The highest BCUT2D eigenvalue weighted by molar-refractivity contribution is 6.03. The number of amides is 1. The molecule has 0 aliphatic carbocycles. The maximum Gasteiger partial charge on any atom is 0.254 e. The zero-order valence-corrected chi connectivity index (χ0v) is 12.2. The number of benzene rings is 2. The Balaban J connectivity index is 1.67. The number of carbonyl (C=O) groups excluding carboxylic acids is 1. The number of aromatic amines is 1. The van der Waals surface area contributed by atoms with Crippen LogP contribution in [0.5, 0.6) is 5.75 Å². The fourth-order valence-corrected chi connectivity index (χ4v) is 2.07. The summed E-state index contributed by atoms with van der Waals surface area (Å²) in [6.45, 7) is 1.72. The lowest BCUT2D eigenvalue weighted by atomic mass is 10.2. The van der Waals surface area contributed by atoms with E-state index in [2.05, 4.69) is 10.3 Å². The average Bonchev–Trinajstić information content (AvgIpc) is 3.01. The predicted octanol–water partition coefficient (Wildman–Crippen LogP) is 4.09. The molecular weight excluding hydrogens is 276 g/mol. The van der Waals surface area contributed by atoms with Crippen molar-refractivity contribution in [3.63, 3.8) is 0 Å². The first-order valence-electron chi connectivity index (χ1n) is 6.99. The van der Waals surface area contributed by atoms with Gasteiger partial charge in [-0.05, 0) is 43.3 Å². The zero-order valence-electron chi connectivity index (χ0n) is 12.2. The molecule has 1 aromatic heterocycles. The van der Waals surface area contributed by atoms with Gasteiger partial charge in [0.1, 0.15) is 5.75 Å². The quantitative estimate of drug-likeness (QED) is 0.562. The molecule has 0 saturated carbocycles. The van der Waals surface area contributed by atoms with Gasteiger partial charge in [0.2, 0.25) is 0 Å². The van der Waals surface area contributed by atoms with Crippen molar-refractivity contribution >= 4 is 22.5 Å². The fraction of sp³-hybridized carbons (Fsp3) is 0.0556. The first-order chi connectivity index (χ1) is 10.7. The first-order valence-corrected chi connectivity index (χ1v) is 6.99. The molecule has 3 rings (SSSR count). The highest BCUT2D eigenvalue weighted by Gasteiger charge is 2.05. The molecule has 3 aromatic rings. The van der Waals surface area contributed by atoms with Gasteiger partial charge < -0.3 is 15.0 Å². The molecule has 0 atom stereocenters. The molecule has 110 valence electrons. The van der Waals surface area contributed by atoms with Crippen molar-refractivity contribution in [2.75, 3.05) is 5.32 Å². The van der Waals surface area contributed by atoms with Gasteiger partial charge in [-0.15, -0.1) is 0 Å². The standard InChI is InChI=1S/C18H16N2O2/c1-13(18(21)20-15-5-3-2-4-6-15)12-22-16-7-8-17-14(11-16)9-10-19-17/h2-12,19H,1H3,(H,20,21)/b13-12+. The Morgan fingerprint density at radius 3 is 2.77 bits per heavy atom. The Morgan fingerprint density at radius 1 is 1.14 bits per heavy atom. The molecule has 0 unspecified atom stereocenters.